The molecule has 7 nitrogen and oxygen atoms in total. The minimum Gasteiger partial charge on any atom is -0.481 e. The van der Waals surface area contributed by atoms with E-state index in [4.69, 9.17) is 5.11 Å². The monoisotopic (exact) mass is 387 g/mol. The molecule has 1 amide bonds. The van der Waals surface area contributed by atoms with Crippen molar-refractivity contribution in [2.24, 2.45) is 0 Å². The molecule has 3 rings (SSSR count). The number of piperidine rings is 1. The number of likely N-dealkylation sites (tertiary alicyclic amines) is 1. The number of hydrogen-bond acceptors (Lipinski definition) is 3. The molecule has 1 aliphatic rings. The number of aliphatic carboxylic acids is 1. The first-order chi connectivity index (χ1) is 13.5. The van der Waals surface area contributed by atoms with E-state index in [1.54, 1.807) is 9.13 Å². The van der Waals surface area contributed by atoms with E-state index in [0.717, 1.165) is 36.7 Å². The zero-order valence-corrected chi connectivity index (χ0v) is 16.5. The van der Waals surface area contributed by atoms with E-state index < -0.39 is 5.97 Å². The van der Waals surface area contributed by atoms with Crippen LogP contribution < -0.4 is 5.69 Å². The number of carboxylic acids is 1. The molecule has 1 unspecified atom stereocenters. The second-order valence-electron chi connectivity index (χ2n) is 7.49. The van der Waals surface area contributed by atoms with Crippen LogP contribution in [0.25, 0.3) is 11.0 Å². The lowest BCUT2D eigenvalue weighted by molar-refractivity contribution is -0.140. The van der Waals surface area contributed by atoms with Gasteiger partial charge in [-0.15, -0.1) is 0 Å². The molecule has 0 aliphatic carbocycles. The summed E-state index contributed by atoms with van der Waals surface area (Å²) in [5, 5.41) is 8.95. The molecule has 28 heavy (non-hydrogen) atoms. The van der Waals surface area contributed by atoms with E-state index in [-0.39, 0.29) is 30.5 Å². The summed E-state index contributed by atoms with van der Waals surface area (Å²) in [4.78, 5) is 38.4. The van der Waals surface area contributed by atoms with Crippen LogP contribution in [-0.2, 0) is 22.7 Å². The maximum absolute atomic E-state index is 12.9. The Morgan fingerprint density at radius 1 is 1.07 bits per heavy atom. The molecule has 0 saturated carbocycles. The van der Waals surface area contributed by atoms with Gasteiger partial charge in [0.05, 0.1) is 11.0 Å². The van der Waals surface area contributed by atoms with Crippen molar-refractivity contribution >= 4 is 22.9 Å². The van der Waals surface area contributed by atoms with E-state index >= 15 is 0 Å². The number of rotatable bonds is 8. The number of hydrogen-bond donors (Lipinski definition) is 1. The molecule has 0 radical (unpaired) electrons. The number of imidazole rings is 1. The molecule has 7 heteroatoms. The van der Waals surface area contributed by atoms with E-state index in [1.165, 1.54) is 0 Å². The minimum atomic E-state index is -0.826. The van der Waals surface area contributed by atoms with Crippen molar-refractivity contribution in [3.8, 4) is 0 Å². The lowest BCUT2D eigenvalue weighted by Crippen LogP contribution is -2.44. The zero-order valence-electron chi connectivity index (χ0n) is 16.5. The van der Waals surface area contributed by atoms with Crippen molar-refractivity contribution in [1.29, 1.82) is 0 Å². The van der Waals surface area contributed by atoms with E-state index in [9.17, 15) is 14.4 Å². The summed E-state index contributed by atoms with van der Waals surface area (Å²) < 4.78 is 3.47. The Kier molecular flexibility index (Phi) is 6.54. The zero-order chi connectivity index (χ0) is 20.1. The number of carbonyl (C=O) groups is 2. The van der Waals surface area contributed by atoms with Crippen LogP contribution in [0.5, 0.6) is 0 Å². The molecule has 1 N–H and O–H groups in total. The lowest BCUT2D eigenvalue weighted by Gasteiger charge is -2.35. The van der Waals surface area contributed by atoms with Gasteiger partial charge in [0, 0.05) is 38.5 Å². The molecular weight excluding hydrogens is 358 g/mol. The molecule has 1 aromatic carbocycles. The molecule has 1 aromatic heterocycles. The maximum atomic E-state index is 12.9. The Bertz CT molecular complexity index is 899. The molecule has 0 spiro atoms. The minimum absolute atomic E-state index is 0.00416. The first-order valence-corrected chi connectivity index (χ1v) is 10.2. The molecule has 1 fully saturated rings. The summed E-state index contributed by atoms with van der Waals surface area (Å²) in [7, 11) is 0. The highest BCUT2D eigenvalue weighted by atomic mass is 16.4. The first-order valence-electron chi connectivity index (χ1n) is 10.2. The third-order valence-corrected chi connectivity index (χ3v) is 5.56. The number of amides is 1. The second kappa shape index (κ2) is 9.08. The lowest BCUT2D eigenvalue weighted by atomic mass is 9.97. The van der Waals surface area contributed by atoms with Crippen LogP contribution in [0.15, 0.2) is 29.1 Å². The number of para-hydroxylation sites is 2. The number of aromatic nitrogens is 2. The van der Waals surface area contributed by atoms with Crippen LogP contribution in [0.1, 0.15) is 51.9 Å². The molecular formula is C21H29N3O4. The number of aryl methyl sites for hydroxylation is 2. The maximum Gasteiger partial charge on any atom is 0.329 e. The summed E-state index contributed by atoms with van der Waals surface area (Å²) in [5.41, 5.74) is 1.69. The Balaban J connectivity index is 1.74. The predicted octanol–water partition coefficient (Wildman–Crippen LogP) is 2.85. The number of fused-ring (bicyclic) bond motifs is 1. The van der Waals surface area contributed by atoms with Crippen LogP contribution >= 0.6 is 0 Å². The number of carbonyl (C=O) groups excluding carboxylic acids is 1. The van der Waals surface area contributed by atoms with Gasteiger partial charge in [0.25, 0.3) is 0 Å². The molecule has 1 aliphatic heterocycles. The molecule has 152 valence electrons. The average Bonchev–Trinajstić information content (AvgIpc) is 2.96. The Morgan fingerprint density at radius 2 is 1.75 bits per heavy atom. The highest BCUT2D eigenvalue weighted by Crippen LogP contribution is 2.22. The van der Waals surface area contributed by atoms with E-state index in [1.807, 2.05) is 36.1 Å². The topological polar surface area (TPSA) is 84.5 Å². The van der Waals surface area contributed by atoms with Gasteiger partial charge < -0.3 is 10.0 Å². The number of carboxylic acid groups (broad SMARTS) is 1. The van der Waals surface area contributed by atoms with Crippen molar-refractivity contribution in [1.82, 2.24) is 14.0 Å². The fraction of sp³-hybridized carbons (Fsp3) is 0.571. The summed E-state index contributed by atoms with van der Waals surface area (Å²) in [6.07, 6.45) is 4.53. The second-order valence-corrected chi connectivity index (χ2v) is 7.49. The van der Waals surface area contributed by atoms with Crippen LogP contribution in [-0.4, -0.2) is 43.6 Å². The third-order valence-electron chi connectivity index (χ3n) is 5.56. The molecule has 2 aromatic rings. The van der Waals surface area contributed by atoms with Gasteiger partial charge in [-0.3, -0.25) is 18.7 Å². The number of benzene rings is 1. The molecule has 1 atom stereocenters. The fourth-order valence-electron chi connectivity index (χ4n) is 4.20. The molecule has 1 saturated heterocycles. The number of nitrogens with zero attached hydrogens (tertiary/aromatic N) is 3. The summed E-state index contributed by atoms with van der Waals surface area (Å²) in [6.45, 7) is 3.71. The van der Waals surface area contributed by atoms with Crippen LogP contribution in [0.4, 0.5) is 0 Å². The summed E-state index contributed by atoms with van der Waals surface area (Å²) in [5.74, 6) is -0.817. The highest BCUT2D eigenvalue weighted by Gasteiger charge is 2.27. The first kappa shape index (κ1) is 20.2. The standard InChI is InChI=1S/C21H29N3O4/c1-2-13-23-17-8-3-4-9-18(17)24(21(23)28)15-12-19(25)22-14-6-5-7-16(22)10-11-20(26)27/h3-4,8-9,16H,2,5-7,10-15H2,1H3,(H,26,27). The van der Waals surface area contributed by atoms with Gasteiger partial charge in [-0.05, 0) is 44.2 Å². The summed E-state index contributed by atoms with van der Waals surface area (Å²) in [6, 6.07) is 7.68. The van der Waals surface area contributed by atoms with Crippen LogP contribution in [0, 0.1) is 0 Å². The van der Waals surface area contributed by atoms with Crippen molar-refractivity contribution in [2.45, 2.75) is 71.0 Å². The van der Waals surface area contributed by atoms with E-state index in [2.05, 4.69) is 0 Å². The molecule has 0 bridgehead atoms. The van der Waals surface area contributed by atoms with Crippen LogP contribution in [0.3, 0.4) is 0 Å². The average molecular weight is 387 g/mol. The summed E-state index contributed by atoms with van der Waals surface area (Å²) >= 11 is 0. The van der Waals surface area contributed by atoms with Gasteiger partial charge in [0.15, 0.2) is 0 Å². The Hall–Kier alpha value is -2.57. The van der Waals surface area contributed by atoms with Crippen molar-refractivity contribution in [2.75, 3.05) is 6.54 Å². The van der Waals surface area contributed by atoms with Gasteiger partial charge in [0.1, 0.15) is 0 Å². The molecule has 2 heterocycles. The van der Waals surface area contributed by atoms with Gasteiger partial charge >= 0.3 is 11.7 Å². The van der Waals surface area contributed by atoms with Crippen molar-refractivity contribution in [3.05, 3.63) is 34.7 Å². The van der Waals surface area contributed by atoms with Crippen molar-refractivity contribution in [3.63, 3.8) is 0 Å². The largest absolute Gasteiger partial charge is 0.481 e. The Morgan fingerprint density at radius 3 is 2.39 bits per heavy atom. The van der Waals surface area contributed by atoms with Gasteiger partial charge in [-0.25, -0.2) is 4.79 Å². The normalized spacial score (nSPS) is 17.2. The predicted molar refractivity (Wildman–Crippen MR) is 107 cm³/mol. The Labute approximate surface area is 164 Å². The van der Waals surface area contributed by atoms with Crippen molar-refractivity contribution < 1.29 is 14.7 Å². The van der Waals surface area contributed by atoms with Crippen LogP contribution in [0.2, 0.25) is 0 Å². The smallest absolute Gasteiger partial charge is 0.329 e. The highest BCUT2D eigenvalue weighted by molar-refractivity contribution is 5.78. The fourth-order valence-corrected chi connectivity index (χ4v) is 4.20. The van der Waals surface area contributed by atoms with Gasteiger partial charge in [0.2, 0.25) is 5.91 Å². The van der Waals surface area contributed by atoms with Gasteiger partial charge in [-0.2, -0.15) is 0 Å². The quantitative estimate of drug-likeness (QED) is 0.755. The van der Waals surface area contributed by atoms with E-state index in [0.29, 0.717) is 26.1 Å². The SMILES string of the molecule is CCCn1c(=O)n(CCC(=O)N2CCCCC2CCC(=O)O)c2ccccc21. The van der Waals surface area contributed by atoms with Gasteiger partial charge in [-0.1, -0.05) is 19.1 Å². The third kappa shape index (κ3) is 4.29.